The summed E-state index contributed by atoms with van der Waals surface area (Å²) >= 11 is 3.08. The van der Waals surface area contributed by atoms with Crippen molar-refractivity contribution in [1.29, 1.82) is 0 Å². The molecule has 0 radical (unpaired) electrons. The summed E-state index contributed by atoms with van der Waals surface area (Å²) in [6.45, 7) is 0. The van der Waals surface area contributed by atoms with Gasteiger partial charge in [-0.05, 0) is 12.1 Å². The number of carbonyl (C=O) groups is 1. The molecule has 86 valence electrons. The van der Waals surface area contributed by atoms with Crippen molar-refractivity contribution in [3.05, 3.63) is 34.1 Å². The van der Waals surface area contributed by atoms with E-state index in [1.54, 1.807) is 0 Å². The first-order valence-electron chi connectivity index (χ1n) is 4.34. The maximum Gasteiger partial charge on any atom is 0.306 e. The van der Waals surface area contributed by atoms with E-state index >= 15 is 0 Å². The lowest BCUT2D eigenvalue weighted by molar-refractivity contribution is -0.387. The van der Waals surface area contributed by atoms with Crippen molar-refractivity contribution in [1.82, 2.24) is 0 Å². The van der Waals surface area contributed by atoms with Crippen LogP contribution in [-0.2, 0) is 4.79 Å². The molecule has 0 aromatic heterocycles. The van der Waals surface area contributed by atoms with E-state index in [0.717, 1.165) is 12.1 Å². The normalized spacial score (nSPS) is 9.88. The fraction of sp³-hybridized carbons (Fsp3) is 0.222. The van der Waals surface area contributed by atoms with Crippen molar-refractivity contribution < 1.29 is 14.1 Å². The van der Waals surface area contributed by atoms with Gasteiger partial charge in [0.2, 0.25) is 11.7 Å². The summed E-state index contributed by atoms with van der Waals surface area (Å²) in [5, 5.41) is 13.3. The lowest BCUT2D eigenvalue weighted by Crippen LogP contribution is -2.11. The monoisotopic (exact) mass is 290 g/mol. The largest absolute Gasteiger partial charge is 0.326 e. The minimum atomic E-state index is -0.927. The van der Waals surface area contributed by atoms with Gasteiger partial charge in [-0.3, -0.25) is 14.9 Å². The molecule has 0 aliphatic heterocycles. The first-order valence-corrected chi connectivity index (χ1v) is 5.46. The van der Waals surface area contributed by atoms with E-state index in [4.69, 9.17) is 0 Å². The van der Waals surface area contributed by atoms with Gasteiger partial charge in [-0.2, -0.15) is 4.39 Å². The number of nitrogens with one attached hydrogen (secondary N) is 1. The topological polar surface area (TPSA) is 72.2 Å². The lowest BCUT2D eigenvalue weighted by atomic mass is 10.2. The van der Waals surface area contributed by atoms with Gasteiger partial charge in [0.1, 0.15) is 0 Å². The predicted molar refractivity (Wildman–Crippen MR) is 60.1 cm³/mol. The van der Waals surface area contributed by atoms with Crippen molar-refractivity contribution in [2.45, 2.75) is 6.42 Å². The van der Waals surface area contributed by atoms with Gasteiger partial charge in [0.15, 0.2) is 0 Å². The number of rotatable bonds is 4. The fourth-order valence-corrected chi connectivity index (χ4v) is 1.40. The molecule has 16 heavy (non-hydrogen) atoms. The van der Waals surface area contributed by atoms with Gasteiger partial charge < -0.3 is 5.32 Å². The van der Waals surface area contributed by atoms with Crippen LogP contribution in [0.3, 0.4) is 0 Å². The maximum atomic E-state index is 12.9. The molecule has 0 aliphatic rings. The number of anilines is 1. The standard InChI is InChI=1S/C9H8BrFN2O3/c10-4-3-9(14)12-6-1-2-7(11)8(5-6)13(15)16/h1-2,5H,3-4H2,(H,12,14). The summed E-state index contributed by atoms with van der Waals surface area (Å²) in [6.07, 6.45) is 0.241. The highest BCUT2D eigenvalue weighted by Crippen LogP contribution is 2.21. The van der Waals surface area contributed by atoms with Gasteiger partial charge in [0.25, 0.3) is 0 Å². The molecule has 0 spiro atoms. The van der Waals surface area contributed by atoms with Gasteiger partial charge in [-0.1, -0.05) is 15.9 Å². The smallest absolute Gasteiger partial charge is 0.306 e. The van der Waals surface area contributed by atoms with Crippen molar-refractivity contribution in [3.8, 4) is 0 Å². The van der Waals surface area contributed by atoms with Gasteiger partial charge in [0.05, 0.1) is 4.92 Å². The average Bonchev–Trinajstić information content (AvgIpc) is 2.21. The molecular formula is C9H8BrFN2O3. The average molecular weight is 291 g/mol. The number of alkyl halides is 1. The van der Waals surface area contributed by atoms with Gasteiger partial charge in [-0.25, -0.2) is 0 Å². The lowest BCUT2D eigenvalue weighted by Gasteiger charge is -2.03. The molecule has 0 aliphatic carbocycles. The van der Waals surface area contributed by atoms with E-state index in [9.17, 15) is 19.3 Å². The van der Waals surface area contributed by atoms with Crippen LogP contribution in [0.1, 0.15) is 6.42 Å². The molecule has 5 nitrogen and oxygen atoms in total. The molecule has 0 heterocycles. The highest BCUT2D eigenvalue weighted by Gasteiger charge is 2.14. The van der Waals surface area contributed by atoms with E-state index in [0.29, 0.717) is 5.33 Å². The Bertz CT molecular complexity index is 425. The molecule has 0 unspecified atom stereocenters. The van der Waals surface area contributed by atoms with Gasteiger partial charge >= 0.3 is 5.69 Å². The Morgan fingerprint density at radius 2 is 2.25 bits per heavy atom. The van der Waals surface area contributed by atoms with E-state index in [2.05, 4.69) is 21.2 Å². The van der Waals surface area contributed by atoms with Crippen molar-refractivity contribution in [2.24, 2.45) is 0 Å². The van der Waals surface area contributed by atoms with E-state index in [1.807, 2.05) is 0 Å². The Labute approximate surface area is 98.9 Å². The van der Waals surface area contributed by atoms with Crippen LogP contribution in [0.25, 0.3) is 0 Å². The zero-order valence-electron chi connectivity index (χ0n) is 8.07. The van der Waals surface area contributed by atoms with Gasteiger partial charge in [0, 0.05) is 23.5 Å². The van der Waals surface area contributed by atoms with Crippen LogP contribution < -0.4 is 5.32 Å². The molecular weight excluding hydrogens is 283 g/mol. The Balaban J connectivity index is 2.87. The molecule has 1 N–H and O–H groups in total. The number of halogens is 2. The number of hydrogen-bond donors (Lipinski definition) is 1. The SMILES string of the molecule is O=C(CCBr)Nc1ccc(F)c([N+](=O)[O-])c1. The van der Waals surface area contributed by atoms with E-state index < -0.39 is 16.4 Å². The van der Waals surface area contributed by atoms with Crippen molar-refractivity contribution >= 4 is 33.2 Å². The van der Waals surface area contributed by atoms with Crippen molar-refractivity contribution in [3.63, 3.8) is 0 Å². The molecule has 0 saturated carbocycles. The van der Waals surface area contributed by atoms with Crippen LogP contribution in [0.15, 0.2) is 18.2 Å². The number of amides is 1. The first-order chi connectivity index (χ1) is 7.54. The second kappa shape index (κ2) is 5.55. The van der Waals surface area contributed by atoms with E-state index in [1.165, 1.54) is 6.07 Å². The number of nitro benzene ring substituents is 1. The Kier molecular flexibility index (Phi) is 4.36. The molecule has 0 atom stereocenters. The molecule has 0 bridgehead atoms. The highest BCUT2D eigenvalue weighted by molar-refractivity contribution is 9.09. The number of benzene rings is 1. The third kappa shape index (κ3) is 3.27. The summed E-state index contributed by atoms with van der Waals surface area (Å²) in [6, 6.07) is 3.21. The second-order valence-electron chi connectivity index (χ2n) is 2.91. The Hall–Kier alpha value is -1.50. The summed E-state index contributed by atoms with van der Waals surface area (Å²) in [7, 11) is 0. The third-order valence-electron chi connectivity index (χ3n) is 1.75. The van der Waals surface area contributed by atoms with E-state index in [-0.39, 0.29) is 18.0 Å². The quantitative estimate of drug-likeness (QED) is 0.526. The van der Waals surface area contributed by atoms with Crippen LogP contribution >= 0.6 is 15.9 Å². The maximum absolute atomic E-state index is 12.9. The van der Waals surface area contributed by atoms with Crippen molar-refractivity contribution in [2.75, 3.05) is 10.6 Å². The number of carbonyl (C=O) groups excluding carboxylic acids is 1. The number of hydrogen-bond acceptors (Lipinski definition) is 3. The Morgan fingerprint density at radius 3 is 2.81 bits per heavy atom. The second-order valence-corrected chi connectivity index (χ2v) is 3.70. The first kappa shape index (κ1) is 12.6. The number of nitro groups is 1. The minimum absolute atomic E-state index is 0.207. The fourth-order valence-electron chi connectivity index (χ4n) is 1.04. The number of nitrogens with zero attached hydrogens (tertiary/aromatic N) is 1. The van der Waals surface area contributed by atoms with Gasteiger partial charge in [-0.15, -0.1) is 0 Å². The zero-order valence-corrected chi connectivity index (χ0v) is 9.66. The van der Waals surface area contributed by atoms with Crippen LogP contribution in [-0.4, -0.2) is 16.2 Å². The van der Waals surface area contributed by atoms with Crippen LogP contribution in [0.2, 0.25) is 0 Å². The minimum Gasteiger partial charge on any atom is -0.326 e. The van der Waals surface area contributed by atoms with Crippen LogP contribution in [0.5, 0.6) is 0 Å². The molecule has 1 rings (SSSR count). The molecule has 7 heteroatoms. The Morgan fingerprint density at radius 1 is 1.56 bits per heavy atom. The molecule has 0 fully saturated rings. The summed E-state index contributed by atoms with van der Waals surface area (Å²) in [5.74, 6) is -1.22. The molecule has 0 saturated heterocycles. The summed E-state index contributed by atoms with van der Waals surface area (Å²) in [5.41, 5.74) is -0.448. The van der Waals surface area contributed by atoms with Crippen LogP contribution in [0, 0.1) is 15.9 Å². The summed E-state index contributed by atoms with van der Waals surface area (Å²) in [4.78, 5) is 20.8. The summed E-state index contributed by atoms with van der Waals surface area (Å²) < 4.78 is 12.9. The molecule has 1 aromatic rings. The highest BCUT2D eigenvalue weighted by atomic mass is 79.9. The molecule has 1 aromatic carbocycles. The zero-order chi connectivity index (χ0) is 12.1. The molecule has 1 amide bonds. The van der Waals surface area contributed by atoms with Crippen LogP contribution in [0.4, 0.5) is 15.8 Å². The third-order valence-corrected chi connectivity index (χ3v) is 2.14. The predicted octanol–water partition coefficient (Wildman–Crippen LogP) is 2.46.